The van der Waals surface area contributed by atoms with E-state index in [1.54, 1.807) is 54.6 Å². The smallest absolute Gasteiger partial charge is 0.251 e. The highest BCUT2D eigenvalue weighted by molar-refractivity contribution is 7.22. The van der Waals surface area contributed by atoms with Crippen LogP contribution in [0, 0.1) is 0 Å². The topological polar surface area (TPSA) is 124 Å². The van der Waals surface area contributed by atoms with Gasteiger partial charge in [-0.2, -0.15) is 20.0 Å². The van der Waals surface area contributed by atoms with Gasteiger partial charge < -0.3 is 9.40 Å². The molecular weight excluding hydrogens is 691 g/mol. The minimum absolute atomic E-state index is 0.402. The van der Waals surface area contributed by atoms with Crippen LogP contribution in [0.5, 0.6) is 0 Å². The number of benzene rings is 4. The van der Waals surface area contributed by atoms with Gasteiger partial charge in [0.1, 0.15) is 17.0 Å². The number of hydrogen-bond donors (Lipinski definition) is 1. The second-order valence-electron chi connectivity index (χ2n) is 12.8. The molecule has 0 fully saturated rings. The van der Waals surface area contributed by atoms with Crippen molar-refractivity contribution in [3.8, 4) is 61.6 Å². The van der Waals surface area contributed by atoms with E-state index >= 15 is 0 Å². The third kappa shape index (κ3) is 4.76. The minimum Gasteiger partial charge on any atom is -0.456 e. The van der Waals surface area contributed by atoms with Gasteiger partial charge in [-0.15, -0.1) is 11.3 Å². The normalized spacial score (nSPS) is 11.7. The van der Waals surface area contributed by atoms with Crippen molar-refractivity contribution >= 4 is 54.2 Å². The van der Waals surface area contributed by atoms with Crippen LogP contribution in [-0.2, 0) is 0 Å². The zero-order valence-corrected chi connectivity index (χ0v) is 29.1. The first-order valence-corrected chi connectivity index (χ1v) is 18.1. The largest absolute Gasteiger partial charge is 0.456 e. The molecule has 0 saturated carbocycles. The van der Waals surface area contributed by atoms with E-state index in [9.17, 15) is 0 Å². The van der Waals surface area contributed by atoms with Crippen molar-refractivity contribution in [1.29, 1.82) is 0 Å². The summed E-state index contributed by atoms with van der Waals surface area (Å²) in [6.07, 6.45) is 10.3. The number of nitrogens with zero attached hydrogens (tertiary/aromatic N) is 8. The zero-order chi connectivity index (χ0) is 35.6. The Morgan fingerprint density at radius 3 is 2.26 bits per heavy atom. The van der Waals surface area contributed by atoms with E-state index in [1.807, 2.05) is 47.1 Å². The summed E-state index contributed by atoms with van der Waals surface area (Å²) < 4.78 is 9.83. The van der Waals surface area contributed by atoms with Crippen LogP contribution in [0.15, 0.2) is 151 Å². The van der Waals surface area contributed by atoms with Crippen molar-refractivity contribution < 1.29 is 4.42 Å². The molecule has 0 bridgehead atoms. The van der Waals surface area contributed by atoms with Crippen LogP contribution in [0.2, 0.25) is 0 Å². The Morgan fingerprint density at radius 2 is 1.46 bits per heavy atom. The molecule has 11 heteroatoms. The average molecular weight is 716 g/mol. The summed E-state index contributed by atoms with van der Waals surface area (Å²) in [5.74, 6) is 1.07. The van der Waals surface area contributed by atoms with E-state index in [4.69, 9.17) is 29.6 Å². The molecule has 0 saturated heterocycles. The summed E-state index contributed by atoms with van der Waals surface area (Å²) in [7, 11) is 0. The molecular formula is C43H25N9OS. The van der Waals surface area contributed by atoms with Gasteiger partial charge in [0.2, 0.25) is 0 Å². The second kappa shape index (κ2) is 12.1. The van der Waals surface area contributed by atoms with Crippen LogP contribution >= 0.6 is 11.3 Å². The predicted molar refractivity (Wildman–Crippen MR) is 212 cm³/mol. The molecule has 10 nitrogen and oxygen atoms in total. The number of H-pyrrole nitrogens is 1. The fourth-order valence-corrected chi connectivity index (χ4v) is 8.45. The van der Waals surface area contributed by atoms with Crippen molar-refractivity contribution in [2.75, 3.05) is 0 Å². The second-order valence-corrected chi connectivity index (χ2v) is 13.9. The van der Waals surface area contributed by atoms with Gasteiger partial charge in [-0.3, -0.25) is 9.97 Å². The van der Waals surface area contributed by atoms with E-state index in [0.717, 1.165) is 81.4 Å². The molecule has 11 aromatic rings. The fraction of sp³-hybridized carbons (Fsp3) is 0. The third-order valence-corrected chi connectivity index (χ3v) is 10.8. The predicted octanol–water partition coefficient (Wildman–Crippen LogP) is 10.2. The molecule has 7 heterocycles. The Labute approximate surface area is 310 Å². The summed E-state index contributed by atoms with van der Waals surface area (Å²) in [6, 6.07) is 36.8. The fourth-order valence-electron chi connectivity index (χ4n) is 7.39. The number of furan rings is 1. The molecule has 0 atom stereocenters. The first kappa shape index (κ1) is 30.3. The number of rotatable bonds is 6. The number of nitrogens with one attached hydrogen (secondary N) is 1. The lowest BCUT2D eigenvalue weighted by atomic mass is 9.85. The zero-order valence-electron chi connectivity index (χ0n) is 28.3. The molecule has 254 valence electrons. The van der Waals surface area contributed by atoms with Crippen molar-refractivity contribution in [2.24, 2.45) is 0 Å². The van der Waals surface area contributed by atoms with Crippen LogP contribution in [0.4, 0.5) is 0 Å². The van der Waals surface area contributed by atoms with Gasteiger partial charge in [0, 0.05) is 85.3 Å². The number of para-hydroxylation sites is 2. The van der Waals surface area contributed by atoms with E-state index in [0.29, 0.717) is 23.1 Å². The van der Waals surface area contributed by atoms with Crippen molar-refractivity contribution in [3.05, 3.63) is 146 Å². The highest BCUT2D eigenvalue weighted by Gasteiger charge is 2.33. The molecule has 0 aliphatic heterocycles. The van der Waals surface area contributed by atoms with Gasteiger partial charge in [0.05, 0.1) is 28.0 Å². The number of thiophene rings is 1. The number of hydrogen-bond acceptors (Lipinski definition) is 9. The summed E-state index contributed by atoms with van der Waals surface area (Å²) in [5, 5.41) is 18.6. The molecule has 0 radical (unpaired) electrons. The van der Waals surface area contributed by atoms with Gasteiger partial charge >= 0.3 is 0 Å². The lowest BCUT2D eigenvalue weighted by molar-refractivity contribution is 0.632. The molecule has 0 unspecified atom stereocenters. The summed E-state index contributed by atoms with van der Waals surface area (Å²) >= 11 is 1.68. The van der Waals surface area contributed by atoms with E-state index in [2.05, 4.69) is 75.7 Å². The molecule has 7 aromatic heterocycles. The van der Waals surface area contributed by atoms with Gasteiger partial charge in [0.15, 0.2) is 0 Å². The minimum atomic E-state index is 0.402. The maximum atomic E-state index is 6.86. The van der Waals surface area contributed by atoms with Gasteiger partial charge in [-0.1, -0.05) is 54.6 Å². The third-order valence-electron chi connectivity index (χ3n) is 9.64. The Morgan fingerprint density at radius 1 is 0.630 bits per heavy atom. The monoisotopic (exact) mass is 715 g/mol. The highest BCUT2D eigenvalue weighted by Crippen LogP contribution is 2.54. The van der Waals surface area contributed by atoms with Crippen molar-refractivity contribution in [3.63, 3.8) is 0 Å². The quantitative estimate of drug-likeness (QED) is 0.180. The molecule has 11 rings (SSSR count). The van der Waals surface area contributed by atoms with Crippen LogP contribution in [-0.4, -0.2) is 44.9 Å². The lowest BCUT2D eigenvalue weighted by Crippen LogP contribution is -2.05. The Bertz CT molecular complexity index is 3070. The molecule has 0 spiro atoms. The van der Waals surface area contributed by atoms with Crippen LogP contribution in [0.25, 0.3) is 104 Å². The Kier molecular flexibility index (Phi) is 6.79. The molecule has 0 amide bonds. The Hall–Kier alpha value is -7.37. The summed E-state index contributed by atoms with van der Waals surface area (Å²) in [5.41, 5.74) is 8.57. The average Bonchev–Trinajstić information content (AvgIpc) is 4.04. The van der Waals surface area contributed by atoms with E-state index < -0.39 is 0 Å². The SMILES string of the molecule is c1cnc(-n2nc(-c3cc4ccccc4s3)c3c(-c4cc5ccccc5o4)c(-c4cc5ccccc5[nH]4)c(-c4cccnn4)c(-c4cnccn4)c32)nc1. The van der Waals surface area contributed by atoms with Gasteiger partial charge in [-0.05, 0) is 60.0 Å². The van der Waals surface area contributed by atoms with Gasteiger partial charge in [-0.25, -0.2) is 9.97 Å². The molecule has 54 heavy (non-hydrogen) atoms. The maximum absolute atomic E-state index is 6.86. The number of aromatic amines is 1. The standard InChI is InChI=1S/C43H25N9OS/c1-4-12-28-25(9-1)21-30(49-28)37-36(29-13-7-18-48-50-29)38(31-24-44-19-20-45-31)42-40(39(37)33-22-26-10-2-5-14-32(26)53-33)41(51-52(42)43-46-16-8-17-47-43)35-23-27-11-3-6-15-34(27)54-35/h1-24,49H. The van der Waals surface area contributed by atoms with Crippen molar-refractivity contribution in [1.82, 2.24) is 44.9 Å². The van der Waals surface area contributed by atoms with Crippen LogP contribution in [0.3, 0.4) is 0 Å². The first-order chi connectivity index (χ1) is 26.8. The number of aromatic nitrogens is 9. The lowest BCUT2D eigenvalue weighted by Gasteiger charge is -2.20. The van der Waals surface area contributed by atoms with Crippen molar-refractivity contribution in [2.45, 2.75) is 0 Å². The molecule has 0 aliphatic carbocycles. The Balaban J connectivity index is 1.43. The highest BCUT2D eigenvalue weighted by atomic mass is 32.1. The van der Waals surface area contributed by atoms with E-state index in [-0.39, 0.29) is 0 Å². The first-order valence-electron chi connectivity index (χ1n) is 17.3. The maximum Gasteiger partial charge on any atom is 0.251 e. The van der Waals surface area contributed by atoms with Crippen LogP contribution < -0.4 is 0 Å². The number of fused-ring (bicyclic) bond motifs is 4. The molecule has 1 N–H and O–H groups in total. The van der Waals surface area contributed by atoms with E-state index in [1.165, 1.54) is 0 Å². The van der Waals surface area contributed by atoms with Crippen LogP contribution in [0.1, 0.15) is 0 Å². The van der Waals surface area contributed by atoms with Gasteiger partial charge in [0.25, 0.3) is 5.95 Å². The molecule has 4 aromatic carbocycles. The summed E-state index contributed by atoms with van der Waals surface area (Å²) in [6.45, 7) is 0. The molecule has 0 aliphatic rings. The summed E-state index contributed by atoms with van der Waals surface area (Å²) in [4.78, 5) is 23.7.